The van der Waals surface area contributed by atoms with E-state index in [0.717, 1.165) is 30.6 Å². The molecular weight excluding hydrogens is 236 g/mol. The Morgan fingerprint density at radius 3 is 2.42 bits per heavy atom. The van der Waals surface area contributed by atoms with E-state index in [1.54, 1.807) is 13.0 Å². The molecule has 0 bridgehead atoms. The topological polar surface area (TPSA) is 26.3 Å². The number of rotatable bonds is 5. The Bertz CT molecular complexity index is 373. The average Bonchev–Trinajstić information content (AvgIpc) is 2.72. The third-order valence-electron chi connectivity index (χ3n) is 2.91. The van der Waals surface area contributed by atoms with Gasteiger partial charge >= 0.3 is 0 Å². The van der Waals surface area contributed by atoms with Crippen molar-refractivity contribution in [3.8, 4) is 0 Å². The summed E-state index contributed by atoms with van der Waals surface area (Å²) in [5.41, 5.74) is 2.48. The van der Waals surface area contributed by atoms with Crippen LogP contribution in [0.15, 0.2) is 35.1 Å². The van der Waals surface area contributed by atoms with Crippen LogP contribution in [0.25, 0.3) is 0 Å². The van der Waals surface area contributed by atoms with Crippen molar-refractivity contribution < 1.29 is 9.53 Å². The molecule has 0 amide bonds. The molecule has 0 spiro atoms. The van der Waals surface area contributed by atoms with Crippen molar-refractivity contribution in [2.75, 3.05) is 0 Å². The second kappa shape index (κ2) is 9.60. The summed E-state index contributed by atoms with van der Waals surface area (Å²) in [5.74, 6) is 0.800. The Labute approximate surface area is 118 Å². The highest BCUT2D eigenvalue weighted by Gasteiger charge is 2.22. The molecule has 1 aliphatic heterocycles. The van der Waals surface area contributed by atoms with Crippen LogP contribution in [0.2, 0.25) is 0 Å². The molecule has 0 aromatic heterocycles. The molecule has 0 saturated carbocycles. The van der Waals surface area contributed by atoms with Gasteiger partial charge in [-0.15, -0.1) is 0 Å². The van der Waals surface area contributed by atoms with Crippen molar-refractivity contribution in [2.45, 2.75) is 66.9 Å². The molecule has 1 rings (SSSR count). The fourth-order valence-electron chi connectivity index (χ4n) is 1.80. The van der Waals surface area contributed by atoms with E-state index in [-0.39, 0.29) is 11.9 Å². The smallest absolute Gasteiger partial charge is 0.199 e. The lowest BCUT2D eigenvalue weighted by molar-refractivity contribution is -0.119. The number of allylic oxidation sites excluding steroid dienone is 4. The molecule has 19 heavy (non-hydrogen) atoms. The lowest BCUT2D eigenvalue weighted by Crippen LogP contribution is -2.10. The molecule has 0 aromatic carbocycles. The summed E-state index contributed by atoms with van der Waals surface area (Å²) in [6.45, 7) is 12.1. The Kier molecular flexibility index (Phi) is 8.94. The SMILES string of the molecule is CC.CC/C=C(\C)CC/C=C(\C)C1=CC(=O)C(C)O1. The van der Waals surface area contributed by atoms with Crippen molar-refractivity contribution in [2.24, 2.45) is 0 Å². The monoisotopic (exact) mass is 264 g/mol. The largest absolute Gasteiger partial charge is 0.482 e. The van der Waals surface area contributed by atoms with Crippen LogP contribution in [0.5, 0.6) is 0 Å². The minimum absolute atomic E-state index is 0.0646. The van der Waals surface area contributed by atoms with Crippen molar-refractivity contribution in [3.63, 3.8) is 0 Å². The molecular formula is C17H28O2. The number of carbonyl (C=O) groups excluding carboxylic acids is 1. The van der Waals surface area contributed by atoms with Crippen LogP contribution in [0.3, 0.4) is 0 Å². The van der Waals surface area contributed by atoms with E-state index >= 15 is 0 Å². The number of hydrogen-bond acceptors (Lipinski definition) is 2. The van der Waals surface area contributed by atoms with Crippen molar-refractivity contribution in [1.82, 2.24) is 0 Å². The normalized spacial score (nSPS) is 19.6. The minimum Gasteiger partial charge on any atom is -0.482 e. The fourth-order valence-corrected chi connectivity index (χ4v) is 1.80. The molecule has 1 heterocycles. The standard InChI is InChI=1S/C15H22O2.C2H6/c1-5-7-11(2)8-6-9-12(3)15-10-14(16)13(4)17-15;1-2/h7,9-10,13H,5-6,8H2,1-4H3;1-2H3/b11-7+,12-9+;. The fraction of sp³-hybridized carbons (Fsp3) is 0.588. The van der Waals surface area contributed by atoms with Crippen LogP contribution in [0, 0.1) is 0 Å². The number of ketones is 1. The first kappa shape index (κ1) is 17.7. The van der Waals surface area contributed by atoms with E-state index in [2.05, 4.69) is 26.0 Å². The number of ether oxygens (including phenoxy) is 1. The molecule has 1 unspecified atom stereocenters. The zero-order valence-electron chi connectivity index (χ0n) is 13.2. The zero-order chi connectivity index (χ0) is 14.8. The van der Waals surface area contributed by atoms with Crippen LogP contribution in [-0.4, -0.2) is 11.9 Å². The predicted octanol–water partition coefficient (Wildman–Crippen LogP) is 4.97. The number of carbonyl (C=O) groups is 1. The molecule has 0 fully saturated rings. The van der Waals surface area contributed by atoms with Gasteiger partial charge in [-0.3, -0.25) is 4.79 Å². The third-order valence-corrected chi connectivity index (χ3v) is 2.91. The first-order valence-electron chi connectivity index (χ1n) is 7.29. The highest BCUT2D eigenvalue weighted by atomic mass is 16.5. The minimum atomic E-state index is -0.310. The molecule has 108 valence electrons. The van der Waals surface area contributed by atoms with Crippen molar-refractivity contribution in [1.29, 1.82) is 0 Å². The maximum atomic E-state index is 11.3. The zero-order valence-corrected chi connectivity index (χ0v) is 13.2. The van der Waals surface area contributed by atoms with Gasteiger partial charge in [0.25, 0.3) is 0 Å². The van der Waals surface area contributed by atoms with E-state index in [4.69, 9.17) is 4.74 Å². The summed E-state index contributed by atoms with van der Waals surface area (Å²) in [6.07, 6.45) is 8.85. The predicted molar refractivity (Wildman–Crippen MR) is 82.0 cm³/mol. The van der Waals surface area contributed by atoms with Gasteiger partial charge in [-0.05, 0) is 45.6 Å². The number of hydrogen-bond donors (Lipinski definition) is 0. The van der Waals surface area contributed by atoms with Gasteiger partial charge in [0, 0.05) is 6.08 Å². The molecule has 1 atom stereocenters. The van der Waals surface area contributed by atoms with Crippen molar-refractivity contribution in [3.05, 3.63) is 35.1 Å². The summed E-state index contributed by atoms with van der Waals surface area (Å²) < 4.78 is 5.47. The Hall–Kier alpha value is -1.31. The van der Waals surface area contributed by atoms with E-state index in [1.807, 2.05) is 20.8 Å². The summed E-state index contributed by atoms with van der Waals surface area (Å²) in [5, 5.41) is 0. The second-order valence-electron chi connectivity index (χ2n) is 4.56. The van der Waals surface area contributed by atoms with Crippen LogP contribution in [0.1, 0.15) is 60.8 Å². The Morgan fingerprint density at radius 2 is 1.95 bits per heavy atom. The molecule has 0 saturated heterocycles. The third kappa shape index (κ3) is 6.42. The van der Waals surface area contributed by atoms with Gasteiger partial charge in [0.2, 0.25) is 0 Å². The molecule has 0 radical (unpaired) electrons. The first-order chi connectivity index (χ1) is 9.04. The maximum absolute atomic E-state index is 11.3. The highest BCUT2D eigenvalue weighted by molar-refractivity contribution is 5.96. The molecule has 2 heteroatoms. The van der Waals surface area contributed by atoms with E-state index in [9.17, 15) is 4.79 Å². The summed E-state index contributed by atoms with van der Waals surface area (Å²) in [7, 11) is 0. The lowest BCUT2D eigenvalue weighted by Gasteiger charge is -2.07. The van der Waals surface area contributed by atoms with Gasteiger partial charge in [0.15, 0.2) is 11.9 Å². The van der Waals surface area contributed by atoms with Gasteiger partial charge < -0.3 is 4.74 Å². The maximum Gasteiger partial charge on any atom is 0.199 e. The van der Waals surface area contributed by atoms with Crippen LogP contribution in [-0.2, 0) is 9.53 Å². The molecule has 0 aliphatic carbocycles. The summed E-state index contributed by atoms with van der Waals surface area (Å²) in [6, 6.07) is 0. The van der Waals surface area contributed by atoms with Gasteiger partial charge in [-0.2, -0.15) is 0 Å². The average molecular weight is 264 g/mol. The Balaban J connectivity index is 0.00000154. The summed E-state index contributed by atoms with van der Waals surface area (Å²) in [4.78, 5) is 11.3. The van der Waals surface area contributed by atoms with Crippen LogP contribution < -0.4 is 0 Å². The second-order valence-corrected chi connectivity index (χ2v) is 4.56. The first-order valence-corrected chi connectivity index (χ1v) is 7.29. The molecule has 0 N–H and O–H groups in total. The van der Waals surface area contributed by atoms with Crippen LogP contribution >= 0.6 is 0 Å². The Morgan fingerprint density at radius 1 is 1.32 bits per heavy atom. The van der Waals surface area contributed by atoms with Gasteiger partial charge in [-0.25, -0.2) is 0 Å². The van der Waals surface area contributed by atoms with E-state index in [0.29, 0.717) is 0 Å². The lowest BCUT2D eigenvalue weighted by atomic mass is 10.1. The molecule has 1 aliphatic rings. The quantitative estimate of drug-likeness (QED) is 0.655. The van der Waals surface area contributed by atoms with Gasteiger partial charge in [-0.1, -0.05) is 38.5 Å². The molecule has 2 nitrogen and oxygen atoms in total. The van der Waals surface area contributed by atoms with Crippen molar-refractivity contribution >= 4 is 5.78 Å². The van der Waals surface area contributed by atoms with E-state index in [1.165, 1.54) is 5.57 Å². The van der Waals surface area contributed by atoms with Crippen LogP contribution in [0.4, 0.5) is 0 Å². The highest BCUT2D eigenvalue weighted by Crippen LogP contribution is 2.21. The molecule has 0 aromatic rings. The van der Waals surface area contributed by atoms with Gasteiger partial charge in [0.1, 0.15) is 5.76 Å². The van der Waals surface area contributed by atoms with E-state index < -0.39 is 0 Å². The van der Waals surface area contributed by atoms with Gasteiger partial charge in [0.05, 0.1) is 0 Å². The summed E-state index contributed by atoms with van der Waals surface area (Å²) >= 11 is 0.